The Morgan fingerprint density at radius 1 is 1.00 bits per heavy atom. The Labute approximate surface area is 173 Å². The molecule has 0 aliphatic rings. The summed E-state index contributed by atoms with van der Waals surface area (Å²) in [6, 6.07) is 15.4. The first-order valence-corrected chi connectivity index (χ1v) is 10.5. The third-order valence-corrected chi connectivity index (χ3v) is 6.27. The van der Waals surface area contributed by atoms with E-state index in [-0.39, 0.29) is 18.3 Å². The summed E-state index contributed by atoms with van der Waals surface area (Å²) < 4.78 is 15.3. The van der Waals surface area contributed by atoms with E-state index in [0.717, 1.165) is 15.9 Å². The number of aromatic nitrogens is 3. The molecule has 29 heavy (non-hydrogen) atoms. The molecule has 142 valence electrons. The summed E-state index contributed by atoms with van der Waals surface area (Å²) in [7, 11) is 0. The fraction of sp³-hybridized carbons (Fsp3) is 0.0476. The number of carbonyl (C=O) groups excluding carboxylic acids is 1. The van der Waals surface area contributed by atoms with Crippen LogP contribution in [0.15, 0.2) is 66.3 Å². The molecular formula is C21H13FN4OS2. The second-order valence-corrected chi connectivity index (χ2v) is 8.25. The number of nitrogens with zero attached hydrogens (tertiary/aromatic N) is 4. The minimum absolute atomic E-state index is 0.189. The molecule has 5 rings (SSSR count). The number of fused-ring (bicyclic) bond motifs is 2. The van der Waals surface area contributed by atoms with Crippen LogP contribution in [0.2, 0.25) is 0 Å². The summed E-state index contributed by atoms with van der Waals surface area (Å²) in [5.41, 5.74) is 4.56. The lowest BCUT2D eigenvalue weighted by molar-refractivity contribution is 0.0985. The number of rotatable bonds is 4. The summed E-state index contributed by atoms with van der Waals surface area (Å²) in [5, 5.41) is 0.505. The molecule has 0 atom stereocenters. The maximum absolute atomic E-state index is 13.6. The van der Waals surface area contributed by atoms with Crippen molar-refractivity contribution in [3.8, 4) is 0 Å². The van der Waals surface area contributed by atoms with Gasteiger partial charge in [-0.1, -0.05) is 17.4 Å². The Bertz CT molecular complexity index is 1330. The average molecular weight is 420 g/mol. The first-order chi connectivity index (χ1) is 14.2. The lowest BCUT2D eigenvalue weighted by Crippen LogP contribution is -2.30. The molecule has 5 nitrogen and oxygen atoms in total. The lowest BCUT2D eigenvalue weighted by atomic mass is 10.2. The molecule has 1 amide bonds. The van der Waals surface area contributed by atoms with Gasteiger partial charge in [-0.15, -0.1) is 11.3 Å². The van der Waals surface area contributed by atoms with Crippen molar-refractivity contribution in [2.45, 2.75) is 6.54 Å². The van der Waals surface area contributed by atoms with E-state index in [1.807, 2.05) is 30.3 Å². The number of halogens is 1. The highest BCUT2D eigenvalue weighted by Crippen LogP contribution is 2.31. The SMILES string of the molecule is O=C(c1ccc2ncsc2c1)N(Cc1ccccn1)c1nc2ccc(F)cc2s1. The predicted octanol–water partition coefficient (Wildman–Crippen LogP) is 5.29. The molecule has 0 aliphatic heterocycles. The van der Waals surface area contributed by atoms with Gasteiger partial charge in [0.25, 0.3) is 5.91 Å². The van der Waals surface area contributed by atoms with Crippen molar-refractivity contribution in [3.63, 3.8) is 0 Å². The van der Waals surface area contributed by atoms with E-state index >= 15 is 0 Å². The van der Waals surface area contributed by atoms with E-state index in [0.29, 0.717) is 20.9 Å². The number of carbonyl (C=O) groups is 1. The van der Waals surface area contributed by atoms with Gasteiger partial charge in [0.15, 0.2) is 5.13 Å². The summed E-state index contributed by atoms with van der Waals surface area (Å²) in [5.74, 6) is -0.517. The Morgan fingerprint density at radius 2 is 1.90 bits per heavy atom. The van der Waals surface area contributed by atoms with Crippen molar-refractivity contribution < 1.29 is 9.18 Å². The van der Waals surface area contributed by atoms with E-state index in [4.69, 9.17) is 0 Å². The maximum Gasteiger partial charge on any atom is 0.260 e. The van der Waals surface area contributed by atoms with Crippen molar-refractivity contribution in [3.05, 3.63) is 83.4 Å². The van der Waals surface area contributed by atoms with Gasteiger partial charge in [0.1, 0.15) is 5.82 Å². The van der Waals surface area contributed by atoms with Gasteiger partial charge < -0.3 is 0 Å². The van der Waals surface area contributed by atoms with Crippen molar-refractivity contribution in [2.24, 2.45) is 0 Å². The van der Waals surface area contributed by atoms with Gasteiger partial charge in [-0.25, -0.2) is 14.4 Å². The molecule has 3 heterocycles. The number of hydrogen-bond donors (Lipinski definition) is 0. The molecule has 0 unspecified atom stereocenters. The highest BCUT2D eigenvalue weighted by Gasteiger charge is 2.23. The van der Waals surface area contributed by atoms with Crippen LogP contribution >= 0.6 is 22.7 Å². The van der Waals surface area contributed by atoms with Crippen molar-refractivity contribution in [1.29, 1.82) is 0 Å². The molecule has 0 saturated heterocycles. The van der Waals surface area contributed by atoms with Crippen molar-refractivity contribution in [1.82, 2.24) is 15.0 Å². The quantitative estimate of drug-likeness (QED) is 0.397. The average Bonchev–Trinajstić information content (AvgIpc) is 3.38. The molecule has 0 bridgehead atoms. The van der Waals surface area contributed by atoms with E-state index in [1.165, 1.54) is 34.8 Å². The zero-order chi connectivity index (χ0) is 19.8. The van der Waals surface area contributed by atoms with Crippen LogP contribution < -0.4 is 4.90 Å². The monoisotopic (exact) mass is 420 g/mol. The topological polar surface area (TPSA) is 59.0 Å². The highest BCUT2D eigenvalue weighted by atomic mass is 32.1. The molecule has 0 aliphatic carbocycles. The number of amides is 1. The first kappa shape index (κ1) is 17.8. The van der Waals surface area contributed by atoms with Gasteiger partial charge in [-0.05, 0) is 48.5 Å². The van der Waals surface area contributed by atoms with Gasteiger partial charge in [-0.2, -0.15) is 0 Å². The Hall–Kier alpha value is -3.23. The van der Waals surface area contributed by atoms with Gasteiger partial charge in [0.2, 0.25) is 0 Å². The summed E-state index contributed by atoms with van der Waals surface area (Å²) >= 11 is 2.77. The third kappa shape index (κ3) is 3.48. The normalized spacial score (nSPS) is 11.2. The molecule has 0 radical (unpaired) electrons. The van der Waals surface area contributed by atoms with Gasteiger partial charge in [0.05, 0.1) is 38.2 Å². The first-order valence-electron chi connectivity index (χ1n) is 8.78. The molecule has 2 aromatic carbocycles. The number of benzene rings is 2. The fourth-order valence-electron chi connectivity index (χ4n) is 3.03. The number of hydrogen-bond acceptors (Lipinski definition) is 6. The second-order valence-electron chi connectivity index (χ2n) is 6.36. The predicted molar refractivity (Wildman–Crippen MR) is 114 cm³/mol. The Balaban J connectivity index is 1.59. The van der Waals surface area contributed by atoms with E-state index in [9.17, 15) is 9.18 Å². The van der Waals surface area contributed by atoms with Crippen LogP contribution in [-0.4, -0.2) is 20.9 Å². The molecule has 3 aromatic heterocycles. The number of pyridine rings is 1. The molecule has 0 fully saturated rings. The summed E-state index contributed by atoms with van der Waals surface area (Å²) in [6.07, 6.45) is 1.69. The largest absolute Gasteiger partial charge is 0.278 e. The van der Waals surface area contributed by atoms with Crippen LogP contribution in [0.3, 0.4) is 0 Å². The summed E-state index contributed by atoms with van der Waals surface area (Å²) in [6.45, 7) is 0.267. The van der Waals surface area contributed by atoms with Crippen LogP contribution in [0.4, 0.5) is 9.52 Å². The van der Waals surface area contributed by atoms with Crippen molar-refractivity contribution in [2.75, 3.05) is 4.90 Å². The Kier molecular flexibility index (Phi) is 4.49. The minimum atomic E-state index is -0.328. The lowest BCUT2D eigenvalue weighted by Gasteiger charge is -2.19. The van der Waals surface area contributed by atoms with E-state index in [1.54, 1.807) is 28.7 Å². The second kappa shape index (κ2) is 7.31. The van der Waals surface area contributed by atoms with Gasteiger partial charge >= 0.3 is 0 Å². The molecule has 8 heteroatoms. The van der Waals surface area contributed by atoms with Crippen LogP contribution in [0.25, 0.3) is 20.4 Å². The molecule has 5 aromatic rings. The van der Waals surface area contributed by atoms with Crippen molar-refractivity contribution >= 4 is 54.1 Å². The zero-order valence-corrected chi connectivity index (χ0v) is 16.6. The van der Waals surface area contributed by atoms with Gasteiger partial charge in [-0.3, -0.25) is 14.7 Å². The minimum Gasteiger partial charge on any atom is -0.278 e. The molecular weight excluding hydrogens is 407 g/mol. The third-order valence-electron chi connectivity index (χ3n) is 4.44. The van der Waals surface area contributed by atoms with Crippen LogP contribution in [0, 0.1) is 5.82 Å². The van der Waals surface area contributed by atoms with Crippen LogP contribution in [0.5, 0.6) is 0 Å². The zero-order valence-electron chi connectivity index (χ0n) is 14.9. The van der Waals surface area contributed by atoms with Crippen LogP contribution in [-0.2, 0) is 6.54 Å². The van der Waals surface area contributed by atoms with Crippen LogP contribution in [0.1, 0.15) is 16.1 Å². The number of thiazole rings is 2. The highest BCUT2D eigenvalue weighted by molar-refractivity contribution is 7.22. The smallest absolute Gasteiger partial charge is 0.260 e. The van der Waals surface area contributed by atoms with E-state index < -0.39 is 0 Å². The molecule has 0 saturated carbocycles. The number of anilines is 1. The fourth-order valence-corrected chi connectivity index (χ4v) is 4.73. The maximum atomic E-state index is 13.6. The van der Waals surface area contributed by atoms with Gasteiger partial charge in [0, 0.05) is 11.8 Å². The molecule has 0 spiro atoms. The summed E-state index contributed by atoms with van der Waals surface area (Å²) in [4.78, 5) is 28.2. The van der Waals surface area contributed by atoms with E-state index in [2.05, 4.69) is 15.0 Å². The molecule has 0 N–H and O–H groups in total. The Morgan fingerprint density at radius 3 is 2.76 bits per heavy atom. The standard InChI is InChI=1S/C21H13FN4OS2/c22-14-5-7-17-19(10-14)29-21(25-17)26(11-15-3-1-2-8-23-15)20(27)13-4-6-16-18(9-13)28-12-24-16/h1-10,12H,11H2.